The van der Waals surface area contributed by atoms with Crippen LogP contribution in [0.4, 0.5) is 4.39 Å². The molecule has 0 aliphatic rings. The molecule has 5 nitrogen and oxygen atoms in total. The smallest absolute Gasteiger partial charge is 0.191 e. The van der Waals surface area contributed by atoms with Gasteiger partial charge in [-0.15, -0.1) is 24.0 Å². The number of aliphatic hydroxyl groups is 1. The van der Waals surface area contributed by atoms with Crippen LogP contribution in [0.5, 0.6) is 0 Å². The summed E-state index contributed by atoms with van der Waals surface area (Å²) in [5.74, 6) is 0.289. The largest absolute Gasteiger partial charge is 0.392 e. The molecule has 0 radical (unpaired) electrons. The van der Waals surface area contributed by atoms with Crippen LogP contribution in [0.2, 0.25) is 0 Å². The van der Waals surface area contributed by atoms with Crippen molar-refractivity contribution < 1.29 is 9.50 Å². The number of aromatic amines is 1. The van der Waals surface area contributed by atoms with Crippen LogP contribution in [-0.4, -0.2) is 29.6 Å². The minimum Gasteiger partial charge on any atom is -0.392 e. The van der Waals surface area contributed by atoms with Gasteiger partial charge in [-0.05, 0) is 35.7 Å². The highest BCUT2D eigenvalue weighted by Gasteiger charge is 2.05. The van der Waals surface area contributed by atoms with Gasteiger partial charge in [0.15, 0.2) is 5.96 Å². The second-order valence-electron chi connectivity index (χ2n) is 6.05. The fraction of sp³-hybridized carbons (Fsp3) is 0.250. The molecule has 0 saturated carbocycles. The molecule has 0 saturated heterocycles. The number of rotatable bonds is 6. The third-order valence-corrected chi connectivity index (χ3v) is 4.33. The van der Waals surface area contributed by atoms with Gasteiger partial charge >= 0.3 is 0 Å². The molecule has 3 rings (SSSR count). The number of H-pyrrole nitrogens is 1. The molecule has 1 heterocycles. The van der Waals surface area contributed by atoms with Crippen LogP contribution < -0.4 is 10.6 Å². The summed E-state index contributed by atoms with van der Waals surface area (Å²) >= 11 is 0. The SMILES string of the molecule is CN=C(NCCc1c[nH]c2ccccc12)NCc1ccc(F)c(CO)c1.I. The lowest BCUT2D eigenvalue weighted by molar-refractivity contribution is 0.275. The highest BCUT2D eigenvalue weighted by Crippen LogP contribution is 2.17. The zero-order valence-corrected chi connectivity index (χ0v) is 17.5. The molecule has 0 unspecified atom stereocenters. The molecule has 1 aromatic heterocycles. The second-order valence-corrected chi connectivity index (χ2v) is 6.05. The third-order valence-electron chi connectivity index (χ3n) is 4.33. The Labute approximate surface area is 175 Å². The predicted molar refractivity (Wildman–Crippen MR) is 118 cm³/mol. The van der Waals surface area contributed by atoms with Crippen LogP contribution in [0, 0.1) is 5.82 Å². The number of para-hydroxylation sites is 1. The van der Waals surface area contributed by atoms with Gasteiger partial charge in [-0.1, -0.05) is 24.3 Å². The minimum absolute atomic E-state index is 0. The number of guanidine groups is 1. The number of fused-ring (bicyclic) bond motifs is 1. The van der Waals surface area contributed by atoms with Crippen molar-refractivity contribution in [3.05, 3.63) is 71.2 Å². The summed E-state index contributed by atoms with van der Waals surface area (Å²) in [4.78, 5) is 7.49. The normalized spacial score (nSPS) is 11.3. The Bertz CT molecular complexity index is 910. The van der Waals surface area contributed by atoms with Gasteiger partial charge in [0, 0.05) is 42.8 Å². The van der Waals surface area contributed by atoms with E-state index < -0.39 is 5.82 Å². The van der Waals surface area contributed by atoms with Crippen molar-refractivity contribution in [2.45, 2.75) is 19.6 Å². The van der Waals surface area contributed by atoms with Gasteiger partial charge in [0.25, 0.3) is 0 Å². The zero-order chi connectivity index (χ0) is 18.4. The van der Waals surface area contributed by atoms with E-state index in [1.54, 1.807) is 19.2 Å². The Morgan fingerprint density at radius 1 is 1.15 bits per heavy atom. The van der Waals surface area contributed by atoms with Crippen LogP contribution in [0.3, 0.4) is 0 Å². The topological polar surface area (TPSA) is 72.4 Å². The maximum absolute atomic E-state index is 13.4. The summed E-state index contributed by atoms with van der Waals surface area (Å²) in [7, 11) is 1.71. The average Bonchev–Trinajstić information content (AvgIpc) is 3.08. The monoisotopic (exact) mass is 482 g/mol. The molecule has 0 spiro atoms. The predicted octanol–water partition coefficient (Wildman–Crippen LogP) is 3.33. The second kappa shape index (κ2) is 10.3. The van der Waals surface area contributed by atoms with E-state index in [9.17, 15) is 4.39 Å². The molecule has 0 amide bonds. The van der Waals surface area contributed by atoms with Gasteiger partial charge in [-0.3, -0.25) is 4.99 Å². The number of nitrogens with one attached hydrogen (secondary N) is 3. The van der Waals surface area contributed by atoms with E-state index in [1.807, 2.05) is 18.3 Å². The van der Waals surface area contributed by atoms with E-state index in [0.29, 0.717) is 18.1 Å². The Balaban J connectivity index is 0.00000261. The van der Waals surface area contributed by atoms with Crippen LogP contribution in [-0.2, 0) is 19.6 Å². The van der Waals surface area contributed by atoms with Crippen molar-refractivity contribution in [1.82, 2.24) is 15.6 Å². The molecule has 0 bridgehead atoms. The lowest BCUT2D eigenvalue weighted by atomic mass is 10.1. The lowest BCUT2D eigenvalue weighted by Crippen LogP contribution is -2.37. The van der Waals surface area contributed by atoms with E-state index >= 15 is 0 Å². The maximum Gasteiger partial charge on any atom is 0.191 e. The standard InChI is InChI=1S/C20H23FN4O.HI/c1-22-20(25-11-14-6-7-18(21)16(10-14)13-26)23-9-8-15-12-24-19-5-3-2-4-17(15)19;/h2-7,10,12,24,26H,8-9,11,13H2,1H3,(H2,22,23,25);1H. The van der Waals surface area contributed by atoms with E-state index in [2.05, 4.69) is 32.7 Å². The van der Waals surface area contributed by atoms with E-state index in [1.165, 1.54) is 17.0 Å². The maximum atomic E-state index is 13.4. The number of hydrogen-bond donors (Lipinski definition) is 4. The third kappa shape index (κ3) is 5.43. The fourth-order valence-corrected chi connectivity index (χ4v) is 2.92. The summed E-state index contributed by atoms with van der Waals surface area (Å²) < 4.78 is 13.4. The Kier molecular flexibility index (Phi) is 8.05. The number of aliphatic imine (C=N–C) groups is 1. The first-order chi connectivity index (χ1) is 12.7. The quantitative estimate of drug-likeness (QED) is 0.248. The average molecular weight is 482 g/mol. The van der Waals surface area contributed by atoms with Crippen molar-refractivity contribution in [3.8, 4) is 0 Å². The molecule has 0 aliphatic carbocycles. The summed E-state index contributed by atoms with van der Waals surface area (Å²) in [6.45, 7) is 0.935. The summed E-state index contributed by atoms with van der Waals surface area (Å²) in [5, 5.41) is 16.9. The first-order valence-corrected chi connectivity index (χ1v) is 8.59. The fourth-order valence-electron chi connectivity index (χ4n) is 2.92. The summed E-state index contributed by atoms with van der Waals surface area (Å²) in [6.07, 6.45) is 2.91. The van der Waals surface area contributed by atoms with Gasteiger partial charge in [0.1, 0.15) is 5.82 Å². The molecule has 2 aromatic carbocycles. The van der Waals surface area contributed by atoms with Crippen molar-refractivity contribution in [2.75, 3.05) is 13.6 Å². The van der Waals surface area contributed by atoms with Crippen LogP contribution in [0.15, 0.2) is 53.7 Å². The molecule has 4 N–H and O–H groups in total. The van der Waals surface area contributed by atoms with Gasteiger partial charge in [0.2, 0.25) is 0 Å². The first-order valence-electron chi connectivity index (χ1n) is 8.59. The molecule has 0 aliphatic heterocycles. The van der Waals surface area contributed by atoms with Crippen LogP contribution >= 0.6 is 24.0 Å². The Morgan fingerprint density at radius 2 is 1.96 bits per heavy atom. The Hall–Kier alpha value is -2.13. The molecule has 7 heteroatoms. The number of nitrogens with zero attached hydrogens (tertiary/aromatic N) is 1. The van der Waals surface area contributed by atoms with Gasteiger partial charge in [-0.25, -0.2) is 4.39 Å². The van der Waals surface area contributed by atoms with Gasteiger partial charge < -0.3 is 20.7 Å². The highest BCUT2D eigenvalue weighted by atomic mass is 127. The van der Waals surface area contributed by atoms with Gasteiger partial charge in [-0.2, -0.15) is 0 Å². The molecule has 3 aromatic rings. The number of aliphatic hydroxyl groups excluding tert-OH is 1. The van der Waals surface area contributed by atoms with Crippen LogP contribution in [0.25, 0.3) is 10.9 Å². The molecule has 0 atom stereocenters. The molecular formula is C20H24FIN4O. The van der Waals surface area contributed by atoms with E-state index in [4.69, 9.17) is 5.11 Å². The zero-order valence-electron chi connectivity index (χ0n) is 15.1. The number of hydrogen-bond acceptors (Lipinski definition) is 2. The summed E-state index contributed by atoms with van der Waals surface area (Å²) in [5.41, 5.74) is 3.58. The number of aromatic nitrogens is 1. The minimum atomic E-state index is -0.391. The molecule has 0 fully saturated rings. The van der Waals surface area contributed by atoms with E-state index in [-0.39, 0.29) is 30.6 Å². The lowest BCUT2D eigenvalue weighted by Gasteiger charge is -2.12. The number of benzene rings is 2. The summed E-state index contributed by atoms with van der Waals surface area (Å²) in [6, 6.07) is 13.0. The highest BCUT2D eigenvalue weighted by molar-refractivity contribution is 14.0. The van der Waals surface area contributed by atoms with Crippen molar-refractivity contribution >= 4 is 40.8 Å². The molecular weight excluding hydrogens is 458 g/mol. The van der Waals surface area contributed by atoms with Gasteiger partial charge in [0.05, 0.1) is 6.61 Å². The molecule has 27 heavy (non-hydrogen) atoms. The van der Waals surface area contributed by atoms with Crippen molar-refractivity contribution in [2.24, 2.45) is 4.99 Å². The van der Waals surface area contributed by atoms with Crippen molar-refractivity contribution in [1.29, 1.82) is 0 Å². The first kappa shape index (κ1) is 21.2. The van der Waals surface area contributed by atoms with Crippen LogP contribution in [0.1, 0.15) is 16.7 Å². The van der Waals surface area contributed by atoms with E-state index in [0.717, 1.165) is 24.0 Å². The Morgan fingerprint density at radius 3 is 2.74 bits per heavy atom. The number of halogens is 2. The molecule has 144 valence electrons. The van der Waals surface area contributed by atoms with Crippen molar-refractivity contribution in [3.63, 3.8) is 0 Å².